The molecule has 0 spiro atoms. The van der Waals surface area contributed by atoms with E-state index in [0.717, 1.165) is 31.7 Å². The maximum atomic E-state index is 14.8. The molecular weight excluding hydrogens is 392 g/mol. The largest absolute Gasteiger partial charge is 0.478 e. The molecule has 0 bridgehead atoms. The van der Waals surface area contributed by atoms with Crippen LogP contribution in [0.5, 0.6) is 0 Å². The van der Waals surface area contributed by atoms with Crippen LogP contribution in [-0.4, -0.2) is 16.8 Å². The molecule has 1 aliphatic carbocycles. The van der Waals surface area contributed by atoms with Gasteiger partial charge in [-0.15, -0.1) is 0 Å². The van der Waals surface area contributed by atoms with E-state index in [-0.39, 0.29) is 28.8 Å². The van der Waals surface area contributed by atoms with E-state index in [1.54, 1.807) is 6.07 Å². The van der Waals surface area contributed by atoms with E-state index in [1.165, 1.54) is 18.2 Å². The highest BCUT2D eigenvalue weighted by Gasteiger charge is 2.28. The van der Waals surface area contributed by atoms with Gasteiger partial charge in [0.05, 0.1) is 10.5 Å². The predicted molar refractivity (Wildman–Crippen MR) is 101 cm³/mol. The molecule has 1 aliphatic rings. The van der Waals surface area contributed by atoms with Gasteiger partial charge in [-0.1, -0.05) is 49.7 Å². The summed E-state index contributed by atoms with van der Waals surface area (Å²) in [5.41, 5.74) is 0.773. The van der Waals surface area contributed by atoms with E-state index < -0.39 is 28.3 Å². The summed E-state index contributed by atoms with van der Waals surface area (Å²) in [6.45, 7) is 2.13. The van der Waals surface area contributed by atoms with Crippen LogP contribution in [0.2, 0.25) is 0 Å². The van der Waals surface area contributed by atoms with Crippen LogP contribution in [0.3, 0.4) is 0 Å². The number of thioether (sulfide) groups is 1. The molecule has 1 N–H and O–H groups in total. The molecule has 150 valence electrons. The first kappa shape index (κ1) is 20.7. The van der Waals surface area contributed by atoms with Crippen LogP contribution in [0.1, 0.15) is 54.4 Å². The summed E-state index contributed by atoms with van der Waals surface area (Å²) in [5.74, 6) is -6.10. The molecule has 1 fully saturated rings. The van der Waals surface area contributed by atoms with Gasteiger partial charge < -0.3 is 5.11 Å². The number of carboxylic acids is 1. The first-order chi connectivity index (χ1) is 13.3. The van der Waals surface area contributed by atoms with Gasteiger partial charge in [-0.3, -0.25) is 0 Å². The Balaban J connectivity index is 2.13. The number of rotatable bonds is 5. The molecule has 0 aromatic heterocycles. The molecule has 0 radical (unpaired) electrons. The average molecular weight is 412 g/mol. The Morgan fingerprint density at radius 3 is 2.32 bits per heavy atom. The molecule has 28 heavy (non-hydrogen) atoms. The zero-order valence-corrected chi connectivity index (χ0v) is 16.0. The summed E-state index contributed by atoms with van der Waals surface area (Å²) >= 11 is -0.0588. The first-order valence-electron chi connectivity index (χ1n) is 9.09. The minimum absolute atomic E-state index is 0.0588. The number of hydrogen-bond donors (Lipinski definition) is 1. The molecule has 0 saturated heterocycles. The molecule has 0 amide bonds. The van der Waals surface area contributed by atoms with Gasteiger partial charge in [-0.2, -0.15) is 8.78 Å². The van der Waals surface area contributed by atoms with Gasteiger partial charge >= 0.3 is 5.97 Å². The van der Waals surface area contributed by atoms with Crippen LogP contribution >= 0.6 is 11.8 Å². The van der Waals surface area contributed by atoms with Gasteiger partial charge in [0.2, 0.25) is 0 Å². The Bertz CT molecular complexity index is 877. The van der Waals surface area contributed by atoms with E-state index >= 15 is 0 Å². The van der Waals surface area contributed by atoms with Gasteiger partial charge in [-0.05, 0) is 47.9 Å². The molecular formula is C21H20F4O2S. The number of alkyl halides is 2. The van der Waals surface area contributed by atoms with Crippen LogP contribution in [0.15, 0.2) is 35.2 Å². The van der Waals surface area contributed by atoms with Gasteiger partial charge in [0.25, 0.3) is 5.76 Å². The molecule has 0 unspecified atom stereocenters. The van der Waals surface area contributed by atoms with Crippen molar-refractivity contribution in [1.29, 1.82) is 0 Å². The number of hydrogen-bond acceptors (Lipinski definition) is 2. The van der Waals surface area contributed by atoms with Gasteiger partial charge in [-0.25, -0.2) is 13.6 Å². The third kappa shape index (κ3) is 4.19. The van der Waals surface area contributed by atoms with Crippen molar-refractivity contribution in [3.05, 3.63) is 53.1 Å². The quantitative estimate of drug-likeness (QED) is 0.427. The fourth-order valence-corrected chi connectivity index (χ4v) is 4.43. The summed E-state index contributed by atoms with van der Waals surface area (Å²) in [5, 5.41) is 9.63. The van der Waals surface area contributed by atoms with Crippen LogP contribution in [0.25, 0.3) is 11.1 Å². The summed E-state index contributed by atoms with van der Waals surface area (Å²) in [4.78, 5) is 11.3. The van der Waals surface area contributed by atoms with Crippen molar-refractivity contribution >= 4 is 17.7 Å². The minimum atomic E-state index is -2.87. The lowest BCUT2D eigenvalue weighted by Crippen LogP contribution is -2.15. The highest BCUT2D eigenvalue weighted by atomic mass is 32.2. The maximum absolute atomic E-state index is 14.8. The average Bonchev–Trinajstić information content (AvgIpc) is 2.65. The second-order valence-electron chi connectivity index (χ2n) is 7.15. The number of benzene rings is 2. The van der Waals surface area contributed by atoms with Crippen molar-refractivity contribution in [3.63, 3.8) is 0 Å². The SMILES string of the molecule is C[C@H]1CC[C@H](c2c(C(=O)O)cccc2-c2ccc(SC(F)F)c(F)c2F)CC1. The van der Waals surface area contributed by atoms with E-state index in [0.29, 0.717) is 17.0 Å². The number of carboxylic acid groups (broad SMARTS) is 1. The Morgan fingerprint density at radius 2 is 1.71 bits per heavy atom. The van der Waals surface area contributed by atoms with E-state index in [4.69, 9.17) is 0 Å². The van der Waals surface area contributed by atoms with E-state index in [9.17, 15) is 27.5 Å². The number of carbonyl (C=O) groups is 1. The molecule has 2 aromatic carbocycles. The molecule has 3 rings (SSSR count). The van der Waals surface area contributed by atoms with E-state index in [2.05, 4.69) is 6.92 Å². The smallest absolute Gasteiger partial charge is 0.335 e. The normalized spacial score (nSPS) is 19.8. The molecule has 0 heterocycles. The zero-order valence-electron chi connectivity index (χ0n) is 15.2. The Kier molecular flexibility index (Phi) is 6.33. The lowest BCUT2D eigenvalue weighted by Gasteiger charge is -2.29. The minimum Gasteiger partial charge on any atom is -0.478 e. The molecule has 2 nitrogen and oxygen atoms in total. The Labute approximate surface area is 165 Å². The van der Waals surface area contributed by atoms with E-state index in [1.807, 2.05) is 0 Å². The predicted octanol–water partition coefficient (Wildman–Crippen LogP) is 6.94. The number of aromatic carboxylic acids is 1. The van der Waals surface area contributed by atoms with Crippen molar-refractivity contribution in [1.82, 2.24) is 0 Å². The number of halogens is 4. The highest BCUT2D eigenvalue weighted by molar-refractivity contribution is 7.99. The molecule has 0 aliphatic heterocycles. The van der Waals surface area contributed by atoms with Crippen molar-refractivity contribution < 1.29 is 27.5 Å². The van der Waals surface area contributed by atoms with Gasteiger partial charge in [0.15, 0.2) is 11.6 Å². The third-order valence-electron chi connectivity index (χ3n) is 5.31. The van der Waals surface area contributed by atoms with Gasteiger partial charge in [0, 0.05) is 5.56 Å². The topological polar surface area (TPSA) is 37.3 Å². The summed E-state index contributed by atoms with van der Waals surface area (Å²) in [6, 6.07) is 6.89. The summed E-state index contributed by atoms with van der Waals surface area (Å²) in [6.07, 6.45) is 3.39. The second-order valence-corrected chi connectivity index (χ2v) is 8.18. The Hall–Kier alpha value is -2.02. The molecule has 1 saturated carbocycles. The maximum Gasteiger partial charge on any atom is 0.335 e. The second kappa shape index (κ2) is 8.55. The Morgan fingerprint density at radius 1 is 1.04 bits per heavy atom. The lowest BCUT2D eigenvalue weighted by atomic mass is 9.75. The monoisotopic (exact) mass is 412 g/mol. The highest BCUT2D eigenvalue weighted by Crippen LogP contribution is 2.43. The fraction of sp³-hybridized carbons (Fsp3) is 0.381. The first-order valence-corrected chi connectivity index (χ1v) is 9.97. The summed E-state index contributed by atoms with van der Waals surface area (Å²) < 4.78 is 54.2. The van der Waals surface area contributed by atoms with Crippen molar-refractivity contribution in [2.75, 3.05) is 0 Å². The summed E-state index contributed by atoms with van der Waals surface area (Å²) in [7, 11) is 0. The van der Waals surface area contributed by atoms with Crippen molar-refractivity contribution in [2.45, 2.75) is 49.2 Å². The van der Waals surface area contributed by atoms with Crippen LogP contribution < -0.4 is 0 Å². The zero-order chi connectivity index (χ0) is 20.4. The standard InChI is InChI=1S/C21H20F4O2S/c1-11-5-7-12(8-6-11)17-13(3-2-4-15(17)20(26)27)14-9-10-16(28-21(24)25)19(23)18(14)22/h2-4,9-12,21H,5-8H2,1H3,(H,26,27)/t11-,12-. The van der Waals surface area contributed by atoms with Crippen molar-refractivity contribution in [3.8, 4) is 11.1 Å². The van der Waals surface area contributed by atoms with Crippen LogP contribution in [0, 0.1) is 17.6 Å². The lowest BCUT2D eigenvalue weighted by molar-refractivity contribution is 0.0694. The van der Waals surface area contributed by atoms with Crippen LogP contribution in [-0.2, 0) is 0 Å². The fourth-order valence-electron chi connectivity index (χ4n) is 3.90. The molecule has 2 aromatic rings. The third-order valence-corrected chi connectivity index (χ3v) is 6.06. The molecule has 7 heteroatoms. The molecule has 0 atom stereocenters. The van der Waals surface area contributed by atoms with Gasteiger partial charge in [0.1, 0.15) is 0 Å². The van der Waals surface area contributed by atoms with Crippen LogP contribution in [0.4, 0.5) is 17.6 Å². The van der Waals surface area contributed by atoms with Crippen molar-refractivity contribution in [2.24, 2.45) is 5.92 Å².